The van der Waals surface area contributed by atoms with Crippen LogP contribution in [0.4, 0.5) is 0 Å². The molecule has 142 valence electrons. The van der Waals surface area contributed by atoms with Crippen molar-refractivity contribution in [1.29, 1.82) is 0 Å². The van der Waals surface area contributed by atoms with Crippen molar-refractivity contribution in [2.75, 3.05) is 7.11 Å². The summed E-state index contributed by atoms with van der Waals surface area (Å²) < 4.78 is 9.87. The van der Waals surface area contributed by atoms with Gasteiger partial charge in [0.25, 0.3) is 0 Å². The molecule has 0 saturated heterocycles. The third kappa shape index (κ3) is 16.8. The van der Waals surface area contributed by atoms with E-state index in [2.05, 4.69) is 23.8 Å². The van der Waals surface area contributed by atoms with Gasteiger partial charge in [-0.25, -0.2) is 0 Å². The second-order valence-corrected chi connectivity index (χ2v) is 5.96. The van der Waals surface area contributed by atoms with Gasteiger partial charge in [0.05, 0.1) is 7.11 Å². The van der Waals surface area contributed by atoms with Crippen LogP contribution in [0.25, 0.3) is 0 Å². The number of rotatable bonds is 14. The van der Waals surface area contributed by atoms with Crippen molar-refractivity contribution in [3.05, 3.63) is 36.5 Å². The van der Waals surface area contributed by atoms with E-state index in [1.807, 2.05) is 24.3 Å². The largest absolute Gasteiger partial charge is 0.469 e. The molecule has 0 rings (SSSR count). The van der Waals surface area contributed by atoms with Crippen molar-refractivity contribution in [1.82, 2.24) is 0 Å². The van der Waals surface area contributed by atoms with Gasteiger partial charge in [0.1, 0.15) is 6.10 Å². The molecule has 25 heavy (non-hydrogen) atoms. The van der Waals surface area contributed by atoms with Gasteiger partial charge in [-0.15, -0.1) is 0 Å². The van der Waals surface area contributed by atoms with E-state index in [0.717, 1.165) is 38.5 Å². The zero-order chi connectivity index (χ0) is 18.8. The molecule has 0 heterocycles. The van der Waals surface area contributed by atoms with E-state index in [-0.39, 0.29) is 18.0 Å². The van der Waals surface area contributed by atoms with E-state index >= 15 is 0 Å². The highest BCUT2D eigenvalue weighted by Crippen LogP contribution is 2.08. The molecule has 0 aliphatic carbocycles. The molecular weight excluding hydrogens is 316 g/mol. The lowest BCUT2D eigenvalue weighted by Crippen LogP contribution is -2.12. The van der Waals surface area contributed by atoms with E-state index in [0.29, 0.717) is 12.8 Å². The first kappa shape index (κ1) is 23.2. The Hall–Kier alpha value is -1.84. The van der Waals surface area contributed by atoms with Crippen LogP contribution in [0.3, 0.4) is 0 Å². The molecule has 0 aromatic heterocycles. The highest BCUT2D eigenvalue weighted by Gasteiger charge is 2.04. The molecule has 0 spiro atoms. The predicted octanol–water partition coefficient (Wildman–Crippen LogP) is 5.29. The lowest BCUT2D eigenvalue weighted by atomic mass is 10.1. The van der Waals surface area contributed by atoms with Crippen molar-refractivity contribution in [3.63, 3.8) is 0 Å². The molecule has 0 aromatic rings. The minimum atomic E-state index is -0.254. The highest BCUT2D eigenvalue weighted by molar-refractivity contribution is 5.69. The summed E-state index contributed by atoms with van der Waals surface area (Å²) in [7, 11) is 1.43. The van der Waals surface area contributed by atoms with Crippen molar-refractivity contribution >= 4 is 11.9 Å². The number of allylic oxidation sites excluding steroid dienone is 4. The van der Waals surface area contributed by atoms with Crippen molar-refractivity contribution < 1.29 is 19.1 Å². The molecule has 0 radical (unpaired) electrons. The summed E-state index contributed by atoms with van der Waals surface area (Å²) >= 11 is 0. The Balaban J connectivity index is 3.81. The molecule has 1 atom stereocenters. The van der Waals surface area contributed by atoms with Gasteiger partial charge in [-0.2, -0.15) is 0 Å². The van der Waals surface area contributed by atoms with Crippen LogP contribution < -0.4 is 0 Å². The molecule has 0 N–H and O–H groups in total. The maximum Gasteiger partial charge on any atom is 0.305 e. The minimum absolute atomic E-state index is 0.119. The average molecular weight is 350 g/mol. The van der Waals surface area contributed by atoms with Crippen LogP contribution in [0.5, 0.6) is 0 Å². The van der Waals surface area contributed by atoms with Gasteiger partial charge in [0.15, 0.2) is 0 Å². The van der Waals surface area contributed by atoms with E-state index < -0.39 is 0 Å². The first-order chi connectivity index (χ1) is 12.1. The number of carbonyl (C=O) groups excluding carboxylic acids is 2. The summed E-state index contributed by atoms with van der Waals surface area (Å²) in [5.74, 6) is -0.373. The summed E-state index contributed by atoms with van der Waals surface area (Å²) in [6, 6.07) is 0. The highest BCUT2D eigenvalue weighted by atomic mass is 16.5. The van der Waals surface area contributed by atoms with Crippen LogP contribution in [0.2, 0.25) is 0 Å². The summed E-state index contributed by atoms with van der Waals surface area (Å²) in [6.45, 7) is 3.51. The fraction of sp³-hybridized carbons (Fsp3) is 0.619. The van der Waals surface area contributed by atoms with Gasteiger partial charge >= 0.3 is 11.9 Å². The van der Waals surface area contributed by atoms with Gasteiger partial charge in [-0.1, -0.05) is 56.6 Å². The number of esters is 2. The van der Waals surface area contributed by atoms with E-state index in [1.165, 1.54) is 20.5 Å². The van der Waals surface area contributed by atoms with Gasteiger partial charge in [0, 0.05) is 19.8 Å². The Morgan fingerprint density at radius 1 is 0.960 bits per heavy atom. The van der Waals surface area contributed by atoms with Crippen LogP contribution in [0.1, 0.15) is 71.6 Å². The molecule has 4 nitrogen and oxygen atoms in total. The lowest BCUT2D eigenvalue weighted by molar-refractivity contribution is -0.144. The summed E-state index contributed by atoms with van der Waals surface area (Å²) in [4.78, 5) is 22.1. The maximum atomic E-state index is 11.1. The molecule has 0 unspecified atom stereocenters. The zero-order valence-corrected chi connectivity index (χ0v) is 16.0. The number of hydrogen-bond donors (Lipinski definition) is 0. The van der Waals surface area contributed by atoms with E-state index in [4.69, 9.17) is 4.74 Å². The molecule has 0 saturated carbocycles. The first-order valence-electron chi connectivity index (χ1n) is 9.32. The Morgan fingerprint density at radius 3 is 2.36 bits per heavy atom. The van der Waals surface area contributed by atoms with Crippen LogP contribution in [-0.4, -0.2) is 25.2 Å². The summed E-state index contributed by atoms with van der Waals surface area (Å²) in [5, 5.41) is 0. The molecule has 0 aromatic carbocycles. The number of carbonyl (C=O) groups is 2. The average Bonchev–Trinajstić information content (AvgIpc) is 2.58. The van der Waals surface area contributed by atoms with Crippen LogP contribution >= 0.6 is 0 Å². The minimum Gasteiger partial charge on any atom is -0.469 e. The molecule has 0 fully saturated rings. The van der Waals surface area contributed by atoms with Crippen LogP contribution in [0, 0.1) is 0 Å². The second kappa shape index (κ2) is 17.0. The Labute approximate surface area is 153 Å². The van der Waals surface area contributed by atoms with Gasteiger partial charge in [0.2, 0.25) is 0 Å². The summed E-state index contributed by atoms with van der Waals surface area (Å²) in [5.41, 5.74) is 0. The Morgan fingerprint density at radius 2 is 1.68 bits per heavy atom. The van der Waals surface area contributed by atoms with Crippen LogP contribution in [-0.2, 0) is 19.1 Å². The predicted molar refractivity (Wildman–Crippen MR) is 102 cm³/mol. The fourth-order valence-electron chi connectivity index (χ4n) is 2.30. The molecule has 0 aliphatic heterocycles. The number of unbranched alkanes of at least 4 members (excludes halogenated alkanes) is 5. The Kier molecular flexibility index (Phi) is 15.7. The first-order valence-corrected chi connectivity index (χ1v) is 9.32. The number of methoxy groups -OCH3 is 1. The SMILES string of the molecule is CC/C=C\C[C@@H](/C=C/C=C\CCCCCCCC(=O)OC)OC(C)=O. The van der Waals surface area contributed by atoms with Crippen molar-refractivity contribution in [3.8, 4) is 0 Å². The van der Waals surface area contributed by atoms with Crippen molar-refractivity contribution in [2.45, 2.75) is 77.7 Å². The molecule has 0 bridgehead atoms. The van der Waals surface area contributed by atoms with E-state index in [1.54, 1.807) is 0 Å². The van der Waals surface area contributed by atoms with Gasteiger partial charge in [-0.05, 0) is 31.8 Å². The monoisotopic (exact) mass is 350 g/mol. The fourth-order valence-corrected chi connectivity index (χ4v) is 2.30. The van der Waals surface area contributed by atoms with E-state index in [9.17, 15) is 9.59 Å². The Bertz CT molecular complexity index is 435. The van der Waals surface area contributed by atoms with Gasteiger partial charge in [-0.3, -0.25) is 9.59 Å². The third-order valence-corrected chi connectivity index (χ3v) is 3.64. The maximum absolute atomic E-state index is 11.1. The molecule has 0 aliphatic rings. The van der Waals surface area contributed by atoms with Gasteiger partial charge < -0.3 is 9.47 Å². The van der Waals surface area contributed by atoms with Crippen molar-refractivity contribution in [2.24, 2.45) is 0 Å². The lowest BCUT2D eigenvalue weighted by Gasteiger charge is -2.10. The molecule has 0 amide bonds. The summed E-state index contributed by atoms with van der Waals surface area (Å²) in [6.07, 6.45) is 20.7. The van der Waals surface area contributed by atoms with Crippen LogP contribution in [0.15, 0.2) is 36.5 Å². The molecule has 4 heteroatoms. The number of ether oxygens (including phenoxy) is 2. The normalized spacial score (nSPS) is 12.9. The smallest absolute Gasteiger partial charge is 0.305 e. The quantitative estimate of drug-likeness (QED) is 0.185. The third-order valence-electron chi connectivity index (χ3n) is 3.64. The number of hydrogen-bond acceptors (Lipinski definition) is 4. The standard InChI is InChI=1S/C21H34O4/c1-4-5-13-16-20(25-19(2)22)17-14-11-9-7-6-8-10-12-15-18-21(23)24-3/h5,9,11,13-14,17,20H,4,6-8,10,12,15-16,18H2,1-3H3/b11-9-,13-5-,17-14+/t20-/m0/s1. The topological polar surface area (TPSA) is 52.6 Å². The molecular formula is C21H34O4. The zero-order valence-electron chi connectivity index (χ0n) is 16.0. The second-order valence-electron chi connectivity index (χ2n) is 5.96.